The van der Waals surface area contributed by atoms with Gasteiger partial charge < -0.3 is 0 Å². The van der Waals surface area contributed by atoms with E-state index in [9.17, 15) is 0 Å². The quantitative estimate of drug-likeness (QED) is 0.0442. The van der Waals surface area contributed by atoms with Crippen LogP contribution in [0.3, 0.4) is 0 Å². The smallest absolute Gasteiger partial charge is 0.0151 e. The summed E-state index contributed by atoms with van der Waals surface area (Å²) in [5.41, 5.74) is 0. The van der Waals surface area contributed by atoms with E-state index in [2.05, 4.69) is 49.3 Å². The highest BCUT2D eigenvalue weighted by atomic mass is 33.1. The molecule has 2 unspecified atom stereocenters. The third-order valence-corrected chi connectivity index (χ3v) is 16.9. The van der Waals surface area contributed by atoms with Gasteiger partial charge in [-0.15, -0.1) is 0 Å². The molecule has 0 aromatic carbocycles. The van der Waals surface area contributed by atoms with Crippen molar-refractivity contribution < 1.29 is 0 Å². The van der Waals surface area contributed by atoms with Crippen LogP contribution in [0.25, 0.3) is 0 Å². The van der Waals surface area contributed by atoms with Crippen LogP contribution in [0.4, 0.5) is 0 Å². The van der Waals surface area contributed by atoms with E-state index >= 15 is 0 Å². The minimum absolute atomic E-state index is 0.897. The van der Waals surface area contributed by atoms with Gasteiger partial charge in [-0.05, 0) is 25.7 Å². The summed E-state index contributed by atoms with van der Waals surface area (Å²) in [4.78, 5) is 0. The van der Waals surface area contributed by atoms with Gasteiger partial charge in [0.2, 0.25) is 0 Å². The molecule has 0 spiro atoms. The van der Waals surface area contributed by atoms with Gasteiger partial charge >= 0.3 is 0 Å². The second-order valence-corrected chi connectivity index (χ2v) is 22.3. The summed E-state index contributed by atoms with van der Waals surface area (Å²) in [6, 6.07) is 0. The van der Waals surface area contributed by atoms with Crippen LogP contribution in [-0.2, 0) is 0 Å². The van der Waals surface area contributed by atoms with Gasteiger partial charge in [0.15, 0.2) is 0 Å². The average Bonchev–Trinajstić information content (AvgIpc) is 3.23. The number of unbranched alkanes of at least 4 members (excludes halogenated alkanes) is 42. The zero-order chi connectivity index (χ0) is 41.9. The summed E-state index contributed by atoms with van der Waals surface area (Å²) >= 11 is 0. The van der Waals surface area contributed by atoms with Crippen molar-refractivity contribution in [2.45, 2.75) is 359 Å². The van der Waals surface area contributed by atoms with Crippen molar-refractivity contribution in [1.82, 2.24) is 0 Å². The molecule has 2 atom stereocenters. The Balaban J connectivity index is 4.71. The summed E-state index contributed by atoms with van der Waals surface area (Å²) in [6.45, 7) is 9.33. The van der Waals surface area contributed by atoms with Crippen molar-refractivity contribution in [1.29, 1.82) is 0 Å². The standard InChI is InChI=1S/C56H114S2/c1-5-9-13-17-21-25-29-31-33-37-41-45-49-53-55(51-47-43-39-35-27-23-19-15-11-7-3)57-58-56(52-48-44-40-36-28-24-20-16-12-8-4)54-50-46-42-38-34-32-30-26-22-18-14-10-6-2/h55-56H,5-54H2,1-4H3. The summed E-state index contributed by atoms with van der Waals surface area (Å²) in [7, 11) is 4.75. The van der Waals surface area contributed by atoms with Crippen molar-refractivity contribution >= 4 is 21.6 Å². The Morgan fingerprint density at radius 2 is 0.293 bits per heavy atom. The Kier molecular flexibility index (Phi) is 54.5. The zero-order valence-electron chi connectivity index (χ0n) is 41.3. The van der Waals surface area contributed by atoms with Crippen LogP contribution in [0, 0.1) is 0 Å². The van der Waals surface area contributed by atoms with E-state index in [1.165, 1.54) is 321 Å². The largest absolute Gasteiger partial charge is 0.0904 e. The molecular formula is C56H114S2. The maximum absolute atomic E-state index is 2.38. The Labute approximate surface area is 378 Å². The molecule has 0 bridgehead atoms. The fourth-order valence-electron chi connectivity index (χ4n) is 9.14. The summed E-state index contributed by atoms with van der Waals surface area (Å²) in [6.07, 6.45) is 73.5. The third-order valence-electron chi connectivity index (χ3n) is 13.3. The fraction of sp³-hybridized carbons (Fsp3) is 1.00. The van der Waals surface area contributed by atoms with Crippen LogP contribution in [0.1, 0.15) is 349 Å². The first-order valence-electron chi connectivity index (χ1n) is 28.1. The van der Waals surface area contributed by atoms with Gasteiger partial charge in [-0.1, -0.05) is 345 Å². The van der Waals surface area contributed by atoms with Gasteiger partial charge in [0.05, 0.1) is 0 Å². The highest BCUT2D eigenvalue weighted by Gasteiger charge is 2.16. The van der Waals surface area contributed by atoms with Gasteiger partial charge in [0.25, 0.3) is 0 Å². The van der Waals surface area contributed by atoms with Crippen molar-refractivity contribution in [3.63, 3.8) is 0 Å². The van der Waals surface area contributed by atoms with E-state index in [1.807, 2.05) is 0 Å². The van der Waals surface area contributed by atoms with E-state index in [0.29, 0.717) is 0 Å². The molecule has 0 N–H and O–H groups in total. The summed E-state index contributed by atoms with van der Waals surface area (Å²) in [5.74, 6) is 0. The van der Waals surface area contributed by atoms with Crippen LogP contribution in [0.15, 0.2) is 0 Å². The van der Waals surface area contributed by atoms with E-state index in [-0.39, 0.29) is 0 Å². The first-order valence-corrected chi connectivity index (χ1v) is 30.4. The molecule has 58 heavy (non-hydrogen) atoms. The van der Waals surface area contributed by atoms with Gasteiger partial charge in [-0.2, -0.15) is 0 Å². The van der Waals surface area contributed by atoms with Gasteiger partial charge in [-0.25, -0.2) is 0 Å². The normalized spacial score (nSPS) is 12.8. The fourth-order valence-corrected chi connectivity index (χ4v) is 12.6. The molecule has 0 radical (unpaired) electrons. The van der Waals surface area contributed by atoms with Gasteiger partial charge in [0, 0.05) is 10.5 Å². The maximum Gasteiger partial charge on any atom is 0.0151 e. The number of hydrogen-bond acceptors (Lipinski definition) is 2. The van der Waals surface area contributed by atoms with Crippen molar-refractivity contribution in [3.8, 4) is 0 Å². The first-order chi connectivity index (χ1) is 28.8. The van der Waals surface area contributed by atoms with Crippen molar-refractivity contribution in [2.24, 2.45) is 0 Å². The Morgan fingerprint density at radius 3 is 0.431 bits per heavy atom. The number of rotatable bonds is 53. The van der Waals surface area contributed by atoms with Crippen LogP contribution < -0.4 is 0 Å². The van der Waals surface area contributed by atoms with Gasteiger partial charge in [-0.3, -0.25) is 0 Å². The molecule has 0 saturated carbocycles. The molecule has 0 saturated heterocycles. The second kappa shape index (κ2) is 53.8. The molecule has 0 rings (SSSR count). The molecule has 2 heteroatoms. The molecule has 0 aliphatic heterocycles. The maximum atomic E-state index is 2.38. The third kappa shape index (κ3) is 49.4. The molecule has 0 heterocycles. The highest BCUT2D eigenvalue weighted by molar-refractivity contribution is 8.77. The van der Waals surface area contributed by atoms with E-state index in [4.69, 9.17) is 0 Å². The molecule has 0 aromatic rings. The van der Waals surface area contributed by atoms with Crippen molar-refractivity contribution in [2.75, 3.05) is 0 Å². The molecule has 0 aromatic heterocycles. The lowest BCUT2D eigenvalue weighted by Crippen LogP contribution is -2.06. The lowest BCUT2D eigenvalue weighted by atomic mass is 10.0. The van der Waals surface area contributed by atoms with Crippen LogP contribution in [-0.4, -0.2) is 10.5 Å². The Morgan fingerprint density at radius 1 is 0.172 bits per heavy atom. The second-order valence-electron chi connectivity index (χ2n) is 19.4. The average molecular weight is 852 g/mol. The number of hydrogen-bond donors (Lipinski definition) is 0. The van der Waals surface area contributed by atoms with Gasteiger partial charge in [0.1, 0.15) is 0 Å². The molecule has 0 amide bonds. The minimum atomic E-state index is 0.897. The highest BCUT2D eigenvalue weighted by Crippen LogP contribution is 2.40. The monoisotopic (exact) mass is 851 g/mol. The molecular weight excluding hydrogens is 737 g/mol. The molecule has 0 aliphatic carbocycles. The lowest BCUT2D eigenvalue weighted by molar-refractivity contribution is 0.520. The Bertz CT molecular complexity index is 634. The summed E-state index contributed by atoms with van der Waals surface area (Å²) in [5, 5.41) is 1.79. The van der Waals surface area contributed by atoms with Crippen LogP contribution in [0.5, 0.6) is 0 Å². The predicted molar refractivity (Wildman–Crippen MR) is 276 cm³/mol. The lowest BCUT2D eigenvalue weighted by Gasteiger charge is -2.21. The molecule has 0 nitrogen and oxygen atoms in total. The first kappa shape index (κ1) is 58.7. The SMILES string of the molecule is CCCCCCCCCCCCCCCC(CCCCCCCCCCCC)SSC(CCCCCCCCCCCC)CCCCCCCCCCCCCCC. The Hall–Kier alpha value is 0.700. The minimum Gasteiger partial charge on any atom is -0.0904 e. The molecule has 0 aliphatic rings. The zero-order valence-corrected chi connectivity index (χ0v) is 43.0. The van der Waals surface area contributed by atoms with Crippen LogP contribution >= 0.6 is 21.6 Å². The topological polar surface area (TPSA) is 0 Å². The van der Waals surface area contributed by atoms with E-state index < -0.39 is 0 Å². The van der Waals surface area contributed by atoms with E-state index in [1.54, 1.807) is 0 Å². The summed E-state index contributed by atoms with van der Waals surface area (Å²) < 4.78 is 0. The van der Waals surface area contributed by atoms with Crippen molar-refractivity contribution in [3.05, 3.63) is 0 Å². The molecule has 0 fully saturated rings. The van der Waals surface area contributed by atoms with Crippen LogP contribution in [0.2, 0.25) is 0 Å². The molecule has 350 valence electrons. The predicted octanol–water partition coefficient (Wildman–Crippen LogP) is 22.7. The van der Waals surface area contributed by atoms with E-state index in [0.717, 1.165) is 10.5 Å².